The Morgan fingerprint density at radius 2 is 1.64 bits per heavy atom. The lowest BCUT2D eigenvalue weighted by Crippen LogP contribution is -2.48. The number of benzene rings is 4. The molecule has 4 heterocycles. The molecule has 2 aromatic heterocycles. The summed E-state index contributed by atoms with van der Waals surface area (Å²) in [4.78, 5) is 54.3. The molecule has 2 unspecified atom stereocenters. The van der Waals surface area contributed by atoms with Crippen molar-refractivity contribution < 1.29 is 43.3 Å². The monoisotopic (exact) mass is 1010 g/mol. The Kier molecular flexibility index (Phi) is 16.9. The number of allylic oxidation sites excluding steroid dienone is 1. The van der Waals surface area contributed by atoms with Crippen LogP contribution in [0.15, 0.2) is 124 Å². The molecule has 0 spiro atoms. The minimum absolute atomic E-state index is 0.0155. The molecule has 382 valence electrons. The van der Waals surface area contributed by atoms with Crippen molar-refractivity contribution in [1.29, 1.82) is 0 Å². The molecule has 2 aliphatic heterocycles. The fraction of sp³-hybridized carbons (Fsp3) is 0.368. The molecule has 73 heavy (non-hydrogen) atoms. The van der Waals surface area contributed by atoms with Gasteiger partial charge in [-0.1, -0.05) is 99.6 Å². The van der Waals surface area contributed by atoms with E-state index in [1.807, 2.05) is 99.6 Å². The number of aryl methyl sites for hydroxylation is 1. The number of amides is 3. The number of nitrogens with zero attached hydrogens (tertiary/aromatic N) is 5. The molecule has 15 nitrogen and oxygen atoms in total. The summed E-state index contributed by atoms with van der Waals surface area (Å²) >= 11 is 1.56. The van der Waals surface area contributed by atoms with Gasteiger partial charge in [0.05, 0.1) is 41.4 Å². The molecule has 2 aliphatic rings. The molecule has 0 aliphatic carbocycles. The van der Waals surface area contributed by atoms with E-state index in [0.29, 0.717) is 55.5 Å². The van der Waals surface area contributed by atoms with E-state index in [1.54, 1.807) is 58.8 Å². The number of phenolic OH excluding ortho intramolecular Hbond substituents is 1. The molecule has 8 rings (SSSR count). The number of likely N-dealkylation sites (N-methyl/N-ethyl adjacent to an activating group) is 1. The van der Waals surface area contributed by atoms with Crippen molar-refractivity contribution in [2.24, 2.45) is 10.9 Å². The van der Waals surface area contributed by atoms with Crippen LogP contribution in [0.1, 0.15) is 93.0 Å². The number of aromatic nitrogens is 2. The smallest absolute Gasteiger partial charge is 0.257 e. The number of thiazole rings is 1. The lowest BCUT2D eigenvalue weighted by atomic mass is 9.88. The molecule has 0 radical (unpaired) electrons. The molecule has 4 atom stereocenters. The van der Waals surface area contributed by atoms with E-state index in [0.717, 1.165) is 44.8 Å². The molecule has 16 heteroatoms. The molecular weight excluding hydrogens is 945 g/mol. The van der Waals surface area contributed by atoms with E-state index in [4.69, 9.17) is 23.7 Å². The maximum Gasteiger partial charge on any atom is 0.257 e. The summed E-state index contributed by atoms with van der Waals surface area (Å²) < 4.78 is 23.3. The second-order valence-corrected chi connectivity index (χ2v) is 19.8. The van der Waals surface area contributed by atoms with Gasteiger partial charge in [0.1, 0.15) is 36.5 Å². The van der Waals surface area contributed by atoms with Gasteiger partial charge in [-0.25, -0.2) is 9.98 Å². The number of carbonyl (C=O) groups is 3. The Morgan fingerprint density at radius 3 is 2.32 bits per heavy atom. The molecule has 4 aromatic carbocycles. The van der Waals surface area contributed by atoms with Gasteiger partial charge in [0.15, 0.2) is 11.3 Å². The van der Waals surface area contributed by atoms with Crippen LogP contribution < -0.4 is 14.8 Å². The number of phenols is 1. The van der Waals surface area contributed by atoms with Crippen LogP contribution in [0.2, 0.25) is 0 Å². The molecule has 6 aromatic rings. The quantitative estimate of drug-likeness (QED) is 0.0435. The number of nitrogens with one attached hydrogen (secondary N) is 1. The highest BCUT2D eigenvalue weighted by Crippen LogP contribution is 2.38. The summed E-state index contributed by atoms with van der Waals surface area (Å²) in [6.45, 7) is 11.3. The second kappa shape index (κ2) is 23.6. The van der Waals surface area contributed by atoms with Crippen LogP contribution in [0.3, 0.4) is 0 Å². The third kappa shape index (κ3) is 12.2. The fourth-order valence-corrected chi connectivity index (χ4v) is 10.2. The molecule has 3 amide bonds. The predicted molar refractivity (Wildman–Crippen MR) is 281 cm³/mol. The fourth-order valence-electron chi connectivity index (χ4n) is 9.43. The highest BCUT2D eigenvalue weighted by atomic mass is 32.1. The van der Waals surface area contributed by atoms with Crippen LogP contribution in [0.25, 0.3) is 21.6 Å². The first-order valence-corrected chi connectivity index (χ1v) is 25.7. The van der Waals surface area contributed by atoms with Crippen molar-refractivity contribution in [3.63, 3.8) is 0 Å². The number of aliphatic hydroxyl groups excluding tert-OH is 1. The molecular formula is C57H64N6O9S. The lowest BCUT2D eigenvalue weighted by molar-refractivity contribution is -0.134. The zero-order valence-corrected chi connectivity index (χ0v) is 43.1. The Hall–Kier alpha value is -7.14. The third-order valence-electron chi connectivity index (χ3n) is 13.5. The number of hydrogen-bond acceptors (Lipinski definition) is 13. The van der Waals surface area contributed by atoms with Gasteiger partial charge in [0, 0.05) is 39.1 Å². The van der Waals surface area contributed by atoms with Gasteiger partial charge in [-0.2, -0.15) is 0 Å². The van der Waals surface area contributed by atoms with Gasteiger partial charge >= 0.3 is 0 Å². The number of aliphatic hydroxyl groups is 1. The first-order chi connectivity index (χ1) is 35.2. The minimum Gasteiger partial charge on any atom is -0.508 e. The van der Waals surface area contributed by atoms with E-state index in [-0.39, 0.29) is 61.4 Å². The largest absolute Gasteiger partial charge is 0.508 e. The van der Waals surface area contributed by atoms with Crippen LogP contribution in [0, 0.1) is 12.8 Å². The zero-order valence-electron chi connectivity index (χ0n) is 42.2. The van der Waals surface area contributed by atoms with Crippen molar-refractivity contribution in [3.05, 3.63) is 148 Å². The molecule has 3 N–H and O–H groups in total. The summed E-state index contributed by atoms with van der Waals surface area (Å²) in [6.07, 6.45) is 1.07. The Bertz CT molecular complexity index is 2900. The summed E-state index contributed by atoms with van der Waals surface area (Å²) in [5.41, 5.74) is 8.71. The molecule has 1 saturated heterocycles. The molecule has 1 fully saturated rings. The van der Waals surface area contributed by atoms with E-state index in [1.165, 1.54) is 5.57 Å². The topological polar surface area (TPSA) is 189 Å². The van der Waals surface area contributed by atoms with Crippen LogP contribution in [0.4, 0.5) is 0 Å². The summed E-state index contributed by atoms with van der Waals surface area (Å²) in [6, 6.07) is 34.2. The average molecular weight is 1010 g/mol. The van der Waals surface area contributed by atoms with E-state index in [2.05, 4.69) is 34.5 Å². The lowest BCUT2D eigenvalue weighted by Gasteiger charge is -2.29. The van der Waals surface area contributed by atoms with Gasteiger partial charge in [0.2, 0.25) is 11.8 Å². The maximum atomic E-state index is 14.4. The number of ether oxygens (including phenoxy) is 3. The second-order valence-electron chi connectivity index (χ2n) is 18.9. The van der Waals surface area contributed by atoms with E-state index in [9.17, 15) is 24.6 Å². The number of likely N-dealkylation sites (tertiary alicyclic amines) is 1. The number of aromatic hydroxyl groups is 1. The Labute approximate surface area is 430 Å². The van der Waals surface area contributed by atoms with Crippen LogP contribution in [-0.4, -0.2) is 112 Å². The van der Waals surface area contributed by atoms with Gasteiger partial charge in [-0.15, -0.1) is 11.3 Å². The van der Waals surface area contributed by atoms with Gasteiger partial charge in [-0.3, -0.25) is 14.4 Å². The van der Waals surface area contributed by atoms with Gasteiger partial charge < -0.3 is 44.1 Å². The Morgan fingerprint density at radius 1 is 0.932 bits per heavy atom. The van der Waals surface area contributed by atoms with Crippen molar-refractivity contribution in [1.82, 2.24) is 25.3 Å². The summed E-state index contributed by atoms with van der Waals surface area (Å²) in [5.74, 6) is 0.220. The van der Waals surface area contributed by atoms with Crippen molar-refractivity contribution in [2.75, 3.05) is 46.6 Å². The van der Waals surface area contributed by atoms with E-state index >= 15 is 0 Å². The Balaban J connectivity index is 0.767. The maximum absolute atomic E-state index is 14.4. The van der Waals surface area contributed by atoms with Crippen molar-refractivity contribution in [2.45, 2.75) is 83.9 Å². The minimum atomic E-state index is -1.22. The highest BCUT2D eigenvalue weighted by molar-refractivity contribution is 7.13. The van der Waals surface area contributed by atoms with Crippen LogP contribution >= 0.6 is 11.3 Å². The highest BCUT2D eigenvalue weighted by Gasteiger charge is 2.48. The zero-order chi connectivity index (χ0) is 51.6. The summed E-state index contributed by atoms with van der Waals surface area (Å²) in [5, 5.41) is 27.8. The number of hydrogen-bond donors (Lipinski definition) is 3. The SMILES string of the molecule is CC/C(=C(/c1ccc(O)cc1)c1ccc(OCCN(C)C(=O)CCCOCCOc2cc(C(C(=O)N3C[C@H](O)C[C@H]3C3=NC(C)(c4ccc(-c5scnc5C)cc4)C(=O)N3)C(C)C)on2)cc1)c1ccccc1. The predicted octanol–water partition coefficient (Wildman–Crippen LogP) is 9.04. The number of amidine groups is 1. The third-order valence-corrected chi connectivity index (χ3v) is 14.4. The molecule has 0 bridgehead atoms. The van der Waals surface area contributed by atoms with Gasteiger partial charge in [0.25, 0.3) is 11.8 Å². The van der Waals surface area contributed by atoms with Crippen LogP contribution in [-0.2, 0) is 24.7 Å². The summed E-state index contributed by atoms with van der Waals surface area (Å²) in [7, 11) is 1.76. The first kappa shape index (κ1) is 52.2. The number of aliphatic imine (C=N–C) groups is 1. The molecule has 0 saturated carbocycles. The standard InChI is InChI=1S/C57H64N6O9S/c1-7-46(38-12-9-8-10-13-38)52(39-17-23-43(64)24-18-39)40-19-25-45(26-20-40)70-29-27-62(6)50(66)14-11-28-69-30-31-71-49-33-48(72-61-49)51(36(2)3)55(67)63-34-44(65)32-47(63)54-59-56(68)57(5,60-54)42-21-15-41(16-22-42)53-37(4)58-35-73-53/h8-10,12-13,15-26,33,35-36,44,47,51,64-65H,7,11,14,27-32,34H2,1-6H3,(H,59,60,68)/b52-46+/t44-,47+,51?,57?/m1/s1. The number of carbonyl (C=O) groups excluding carboxylic acids is 3. The van der Waals surface area contributed by atoms with Crippen LogP contribution in [0.5, 0.6) is 17.4 Å². The average Bonchev–Trinajstić information content (AvgIpc) is 4.20. The van der Waals surface area contributed by atoms with Crippen molar-refractivity contribution in [3.8, 4) is 27.8 Å². The van der Waals surface area contributed by atoms with Crippen molar-refractivity contribution >= 4 is 46.0 Å². The normalized spacial score (nSPS) is 18.3. The number of β-amino-alcohol motifs (C(OH)–C–C–N with tert-alkyl or cyclic N) is 1. The van der Waals surface area contributed by atoms with E-state index < -0.39 is 23.6 Å². The van der Waals surface area contributed by atoms with Gasteiger partial charge in [-0.05, 0) is 101 Å². The number of rotatable bonds is 22. The first-order valence-electron chi connectivity index (χ1n) is 24.9.